The number of carbonyl (C=O) groups is 1. The van der Waals surface area contributed by atoms with Crippen LogP contribution in [-0.4, -0.2) is 17.6 Å². The SMILES string of the molecule is CC(CN)(C(=O)O)C12CC3CC(CC(C3)C1)C2. The van der Waals surface area contributed by atoms with Crippen LogP contribution < -0.4 is 5.73 Å². The first-order chi connectivity index (χ1) is 7.99. The third kappa shape index (κ3) is 1.41. The quantitative estimate of drug-likeness (QED) is 0.791. The van der Waals surface area contributed by atoms with E-state index in [1.54, 1.807) is 0 Å². The highest BCUT2D eigenvalue weighted by Gasteiger charge is 2.60. The lowest BCUT2D eigenvalue weighted by molar-refractivity contribution is -0.174. The largest absolute Gasteiger partial charge is 0.481 e. The zero-order valence-corrected chi connectivity index (χ0v) is 10.6. The van der Waals surface area contributed by atoms with Gasteiger partial charge in [0.1, 0.15) is 0 Å². The van der Waals surface area contributed by atoms with Crippen LogP contribution in [0.5, 0.6) is 0 Å². The van der Waals surface area contributed by atoms with Gasteiger partial charge in [-0.2, -0.15) is 0 Å². The van der Waals surface area contributed by atoms with Gasteiger partial charge in [0, 0.05) is 6.54 Å². The average Bonchev–Trinajstić information content (AvgIpc) is 2.25. The van der Waals surface area contributed by atoms with Crippen molar-refractivity contribution in [2.24, 2.45) is 34.3 Å². The van der Waals surface area contributed by atoms with Crippen molar-refractivity contribution < 1.29 is 9.90 Å². The number of hydrogen-bond acceptors (Lipinski definition) is 2. The molecule has 0 aromatic rings. The van der Waals surface area contributed by atoms with E-state index in [2.05, 4.69) is 0 Å². The number of rotatable bonds is 3. The third-order valence-electron chi connectivity index (χ3n) is 6.09. The molecule has 4 fully saturated rings. The lowest BCUT2D eigenvalue weighted by Gasteiger charge is -2.61. The van der Waals surface area contributed by atoms with Crippen LogP contribution in [0.3, 0.4) is 0 Å². The molecule has 0 aromatic heterocycles. The number of aliphatic carboxylic acids is 1. The lowest BCUT2D eigenvalue weighted by Crippen LogP contribution is -2.58. The molecule has 3 N–H and O–H groups in total. The normalized spacial score (nSPS) is 46.8. The van der Waals surface area contributed by atoms with E-state index < -0.39 is 11.4 Å². The minimum atomic E-state index is -0.705. The molecule has 0 aliphatic heterocycles. The summed E-state index contributed by atoms with van der Waals surface area (Å²) in [4.78, 5) is 11.7. The Hall–Kier alpha value is -0.570. The molecule has 4 aliphatic carbocycles. The van der Waals surface area contributed by atoms with E-state index in [-0.39, 0.29) is 12.0 Å². The molecule has 96 valence electrons. The molecule has 3 heteroatoms. The summed E-state index contributed by atoms with van der Waals surface area (Å²) >= 11 is 0. The predicted molar refractivity (Wildman–Crippen MR) is 65.4 cm³/mol. The number of carboxylic acid groups (broad SMARTS) is 1. The van der Waals surface area contributed by atoms with Gasteiger partial charge in [-0.05, 0) is 68.6 Å². The maximum Gasteiger partial charge on any atom is 0.311 e. The molecule has 4 aliphatic rings. The molecule has 0 heterocycles. The van der Waals surface area contributed by atoms with Crippen LogP contribution in [0, 0.1) is 28.6 Å². The fourth-order valence-electron chi connectivity index (χ4n) is 5.32. The number of hydrogen-bond donors (Lipinski definition) is 2. The highest BCUT2D eigenvalue weighted by atomic mass is 16.4. The second kappa shape index (κ2) is 3.47. The van der Waals surface area contributed by atoms with Crippen molar-refractivity contribution in [3.63, 3.8) is 0 Å². The molecular weight excluding hydrogens is 214 g/mol. The predicted octanol–water partition coefficient (Wildman–Crippen LogP) is 2.25. The van der Waals surface area contributed by atoms with Gasteiger partial charge in [-0.1, -0.05) is 0 Å². The second-order valence-corrected chi connectivity index (χ2v) is 7.04. The fraction of sp³-hybridized carbons (Fsp3) is 0.929. The van der Waals surface area contributed by atoms with Gasteiger partial charge in [0.25, 0.3) is 0 Å². The summed E-state index contributed by atoms with van der Waals surface area (Å²) in [5, 5.41) is 9.61. The molecule has 17 heavy (non-hydrogen) atoms. The smallest absolute Gasteiger partial charge is 0.311 e. The summed E-state index contributed by atoms with van der Waals surface area (Å²) < 4.78 is 0. The summed E-state index contributed by atoms with van der Waals surface area (Å²) in [6.45, 7) is 2.18. The van der Waals surface area contributed by atoms with Crippen LogP contribution in [0.1, 0.15) is 45.4 Å². The van der Waals surface area contributed by atoms with E-state index in [0.29, 0.717) is 0 Å². The summed E-state index contributed by atoms with van der Waals surface area (Å²) in [7, 11) is 0. The van der Waals surface area contributed by atoms with E-state index >= 15 is 0 Å². The highest BCUT2D eigenvalue weighted by Crippen LogP contribution is 2.65. The van der Waals surface area contributed by atoms with E-state index in [0.717, 1.165) is 37.0 Å². The van der Waals surface area contributed by atoms with Gasteiger partial charge in [-0.15, -0.1) is 0 Å². The van der Waals surface area contributed by atoms with Gasteiger partial charge < -0.3 is 10.8 Å². The highest BCUT2D eigenvalue weighted by molar-refractivity contribution is 5.76. The fourth-order valence-corrected chi connectivity index (χ4v) is 5.32. The molecule has 3 nitrogen and oxygen atoms in total. The molecule has 0 amide bonds. The van der Waals surface area contributed by atoms with Crippen molar-refractivity contribution in [2.75, 3.05) is 6.54 Å². The molecule has 0 spiro atoms. The minimum Gasteiger partial charge on any atom is -0.481 e. The van der Waals surface area contributed by atoms with Crippen LogP contribution in [-0.2, 0) is 4.79 Å². The summed E-state index contributed by atoms with van der Waals surface area (Å²) in [5.41, 5.74) is 5.15. The van der Waals surface area contributed by atoms with Gasteiger partial charge in [0.15, 0.2) is 0 Å². The molecule has 0 radical (unpaired) electrons. The third-order valence-corrected chi connectivity index (χ3v) is 6.09. The molecule has 4 bridgehead atoms. The van der Waals surface area contributed by atoms with E-state index in [9.17, 15) is 9.90 Å². The Labute approximate surface area is 103 Å². The Morgan fingerprint density at radius 2 is 1.65 bits per heavy atom. The van der Waals surface area contributed by atoms with E-state index in [4.69, 9.17) is 5.73 Å². The van der Waals surface area contributed by atoms with Crippen molar-refractivity contribution in [1.82, 2.24) is 0 Å². The van der Waals surface area contributed by atoms with E-state index in [1.807, 2.05) is 6.92 Å². The topological polar surface area (TPSA) is 63.3 Å². The summed E-state index contributed by atoms with van der Waals surface area (Å²) in [6.07, 6.45) is 7.37. The van der Waals surface area contributed by atoms with Crippen molar-refractivity contribution in [3.05, 3.63) is 0 Å². The van der Waals surface area contributed by atoms with Gasteiger partial charge in [-0.3, -0.25) is 4.79 Å². The number of nitrogens with two attached hydrogens (primary N) is 1. The Bertz CT molecular complexity index is 317. The molecule has 4 saturated carbocycles. The maximum atomic E-state index is 11.7. The molecule has 4 rings (SSSR count). The van der Waals surface area contributed by atoms with Gasteiger partial charge in [-0.25, -0.2) is 0 Å². The van der Waals surface area contributed by atoms with Crippen molar-refractivity contribution in [3.8, 4) is 0 Å². The lowest BCUT2D eigenvalue weighted by atomic mass is 9.43. The zero-order valence-electron chi connectivity index (χ0n) is 10.6. The molecular formula is C14H23NO2. The summed E-state index contributed by atoms with van der Waals surface area (Å²) in [5.74, 6) is 1.67. The number of carboxylic acids is 1. The molecule has 1 unspecified atom stereocenters. The Balaban J connectivity index is 1.98. The van der Waals surface area contributed by atoms with Crippen molar-refractivity contribution >= 4 is 5.97 Å². The van der Waals surface area contributed by atoms with Crippen molar-refractivity contribution in [1.29, 1.82) is 0 Å². The summed E-state index contributed by atoms with van der Waals surface area (Å²) in [6, 6.07) is 0. The molecule has 1 atom stereocenters. The zero-order chi connectivity index (χ0) is 12.3. The minimum absolute atomic E-state index is 0.00231. The van der Waals surface area contributed by atoms with Gasteiger partial charge in [0.2, 0.25) is 0 Å². The first-order valence-electron chi connectivity index (χ1n) is 6.92. The molecule has 0 aromatic carbocycles. The van der Waals surface area contributed by atoms with Crippen LogP contribution in [0.4, 0.5) is 0 Å². The standard InChI is InChI=1S/C14H23NO2/c1-13(8-15,12(16)17)14-5-9-2-10(6-14)4-11(3-9)7-14/h9-11H,2-8,15H2,1H3,(H,16,17). The van der Waals surface area contributed by atoms with E-state index in [1.165, 1.54) is 19.3 Å². The van der Waals surface area contributed by atoms with Crippen LogP contribution in [0.15, 0.2) is 0 Å². The van der Waals surface area contributed by atoms with Crippen molar-refractivity contribution in [2.45, 2.75) is 45.4 Å². The Morgan fingerprint density at radius 1 is 1.24 bits per heavy atom. The van der Waals surface area contributed by atoms with Crippen LogP contribution >= 0.6 is 0 Å². The molecule has 0 saturated heterocycles. The van der Waals surface area contributed by atoms with Crippen LogP contribution in [0.25, 0.3) is 0 Å². The first kappa shape index (κ1) is 11.5. The first-order valence-corrected chi connectivity index (χ1v) is 6.92. The maximum absolute atomic E-state index is 11.7. The van der Waals surface area contributed by atoms with Gasteiger partial charge >= 0.3 is 5.97 Å². The average molecular weight is 237 g/mol. The van der Waals surface area contributed by atoms with Gasteiger partial charge in [0.05, 0.1) is 5.41 Å². The Kier molecular flexibility index (Phi) is 2.35. The second-order valence-electron chi connectivity index (χ2n) is 7.04. The van der Waals surface area contributed by atoms with Crippen LogP contribution in [0.2, 0.25) is 0 Å². The monoisotopic (exact) mass is 237 g/mol. The Morgan fingerprint density at radius 3 is 1.94 bits per heavy atom.